The first-order chi connectivity index (χ1) is 13.0. The molecule has 0 aliphatic rings. The van der Waals surface area contributed by atoms with Gasteiger partial charge in [0.2, 0.25) is 5.91 Å². The average molecular weight is 380 g/mol. The lowest BCUT2D eigenvalue weighted by molar-refractivity contribution is -0.115. The summed E-state index contributed by atoms with van der Waals surface area (Å²) in [4.78, 5) is 24.3. The number of amides is 1. The average Bonchev–Trinajstić information content (AvgIpc) is 3.03. The van der Waals surface area contributed by atoms with E-state index >= 15 is 0 Å². The van der Waals surface area contributed by atoms with Crippen molar-refractivity contribution in [1.82, 2.24) is 14.8 Å². The van der Waals surface area contributed by atoms with E-state index in [0.29, 0.717) is 16.4 Å². The molecule has 3 aromatic rings. The zero-order chi connectivity index (χ0) is 19.4. The Morgan fingerprint density at radius 2 is 1.70 bits per heavy atom. The van der Waals surface area contributed by atoms with Gasteiger partial charge in [-0.15, -0.1) is 10.2 Å². The first-order valence-electron chi connectivity index (χ1n) is 8.49. The number of carbonyl (C=O) groups is 2. The fourth-order valence-electron chi connectivity index (χ4n) is 2.60. The topological polar surface area (TPSA) is 76.9 Å². The Bertz CT molecular complexity index is 969. The second-order valence-electron chi connectivity index (χ2n) is 6.08. The molecule has 1 atom stereocenters. The van der Waals surface area contributed by atoms with Gasteiger partial charge in [-0.25, -0.2) is 0 Å². The van der Waals surface area contributed by atoms with Crippen molar-refractivity contribution in [3.8, 4) is 11.4 Å². The van der Waals surface area contributed by atoms with E-state index in [4.69, 9.17) is 0 Å². The highest BCUT2D eigenvalue weighted by molar-refractivity contribution is 8.00. The molecule has 6 nitrogen and oxygen atoms in total. The normalized spacial score (nSPS) is 11.8. The molecule has 138 valence electrons. The van der Waals surface area contributed by atoms with Crippen LogP contribution in [0, 0.1) is 0 Å². The second kappa shape index (κ2) is 8.18. The summed E-state index contributed by atoms with van der Waals surface area (Å²) in [6, 6.07) is 16.7. The predicted molar refractivity (Wildman–Crippen MR) is 107 cm³/mol. The Balaban J connectivity index is 1.73. The number of ketones is 1. The van der Waals surface area contributed by atoms with E-state index in [2.05, 4.69) is 15.5 Å². The van der Waals surface area contributed by atoms with E-state index in [1.165, 1.54) is 18.7 Å². The number of nitrogens with zero attached hydrogens (tertiary/aromatic N) is 3. The van der Waals surface area contributed by atoms with Gasteiger partial charge >= 0.3 is 0 Å². The number of rotatable bonds is 6. The van der Waals surface area contributed by atoms with Crippen LogP contribution in [0.1, 0.15) is 24.2 Å². The highest BCUT2D eigenvalue weighted by atomic mass is 32.2. The molecule has 27 heavy (non-hydrogen) atoms. The Labute approximate surface area is 162 Å². The highest BCUT2D eigenvalue weighted by Gasteiger charge is 2.20. The summed E-state index contributed by atoms with van der Waals surface area (Å²) in [7, 11) is 1.88. The Kier molecular flexibility index (Phi) is 5.71. The van der Waals surface area contributed by atoms with Crippen LogP contribution in [0.3, 0.4) is 0 Å². The molecule has 3 rings (SSSR count). The van der Waals surface area contributed by atoms with Crippen LogP contribution in [0.2, 0.25) is 0 Å². The number of benzene rings is 2. The van der Waals surface area contributed by atoms with E-state index in [-0.39, 0.29) is 11.7 Å². The van der Waals surface area contributed by atoms with Gasteiger partial charge in [-0.2, -0.15) is 0 Å². The molecule has 2 aromatic carbocycles. The summed E-state index contributed by atoms with van der Waals surface area (Å²) in [5, 5.41) is 11.5. The molecule has 1 N–H and O–H groups in total. The summed E-state index contributed by atoms with van der Waals surface area (Å²) in [6.45, 7) is 3.28. The van der Waals surface area contributed by atoms with Crippen LogP contribution in [0.25, 0.3) is 11.4 Å². The van der Waals surface area contributed by atoms with Gasteiger partial charge < -0.3 is 9.88 Å². The number of Topliss-reactive ketones (excluding diaryl/α,β-unsaturated/α-hetero) is 1. The van der Waals surface area contributed by atoms with Gasteiger partial charge in [-0.1, -0.05) is 54.2 Å². The van der Waals surface area contributed by atoms with Crippen LogP contribution in [0.5, 0.6) is 0 Å². The van der Waals surface area contributed by atoms with Crippen LogP contribution >= 0.6 is 11.8 Å². The maximum absolute atomic E-state index is 12.6. The van der Waals surface area contributed by atoms with Crippen LogP contribution in [0.15, 0.2) is 59.8 Å². The Hall–Kier alpha value is -2.93. The zero-order valence-electron chi connectivity index (χ0n) is 15.3. The minimum absolute atomic E-state index is 0.0907. The molecular formula is C20H20N4O2S. The van der Waals surface area contributed by atoms with Crippen molar-refractivity contribution in [2.24, 2.45) is 7.05 Å². The molecule has 0 radical (unpaired) electrons. The standard InChI is InChI=1S/C20H20N4O2S/c1-13(25)16-11-7-8-12-17(16)21-19(26)14(2)27-20-23-22-18(24(20)3)15-9-5-4-6-10-15/h4-12,14H,1-3H3,(H,21,26)/t14-/m0/s1. The first kappa shape index (κ1) is 18.8. The molecule has 7 heteroatoms. The fraction of sp³-hybridized carbons (Fsp3) is 0.200. The van der Waals surface area contributed by atoms with Crippen LogP contribution in [-0.4, -0.2) is 31.7 Å². The van der Waals surface area contributed by atoms with Gasteiger partial charge in [0.15, 0.2) is 16.8 Å². The van der Waals surface area contributed by atoms with Crippen molar-refractivity contribution in [3.05, 3.63) is 60.2 Å². The molecule has 0 saturated carbocycles. The van der Waals surface area contributed by atoms with Crippen molar-refractivity contribution in [3.63, 3.8) is 0 Å². The molecule has 1 aromatic heterocycles. The van der Waals surface area contributed by atoms with E-state index in [1.807, 2.05) is 41.9 Å². The van der Waals surface area contributed by atoms with E-state index in [9.17, 15) is 9.59 Å². The third-order valence-corrected chi connectivity index (χ3v) is 5.22. The van der Waals surface area contributed by atoms with Gasteiger partial charge in [-0.3, -0.25) is 9.59 Å². The molecule has 0 aliphatic heterocycles. The predicted octanol–water partition coefficient (Wildman–Crippen LogP) is 3.80. The second-order valence-corrected chi connectivity index (χ2v) is 7.39. The molecule has 0 spiro atoms. The maximum Gasteiger partial charge on any atom is 0.237 e. The van der Waals surface area contributed by atoms with E-state index in [1.54, 1.807) is 31.2 Å². The zero-order valence-corrected chi connectivity index (χ0v) is 16.2. The number of carbonyl (C=O) groups excluding carboxylic acids is 2. The molecule has 0 unspecified atom stereocenters. The molecule has 0 aliphatic carbocycles. The lowest BCUT2D eigenvalue weighted by atomic mass is 10.1. The molecule has 1 heterocycles. The van der Waals surface area contributed by atoms with Crippen LogP contribution in [-0.2, 0) is 11.8 Å². The number of hydrogen-bond donors (Lipinski definition) is 1. The van der Waals surface area contributed by atoms with Crippen molar-refractivity contribution in [1.29, 1.82) is 0 Å². The summed E-state index contributed by atoms with van der Waals surface area (Å²) in [5.41, 5.74) is 1.98. The molecule has 0 fully saturated rings. The highest BCUT2D eigenvalue weighted by Crippen LogP contribution is 2.26. The van der Waals surface area contributed by atoms with E-state index in [0.717, 1.165) is 11.4 Å². The summed E-state index contributed by atoms with van der Waals surface area (Å²) < 4.78 is 1.87. The summed E-state index contributed by atoms with van der Waals surface area (Å²) in [6.07, 6.45) is 0. The van der Waals surface area contributed by atoms with Crippen molar-refractivity contribution in [2.45, 2.75) is 24.3 Å². The van der Waals surface area contributed by atoms with Gasteiger partial charge in [0.1, 0.15) is 0 Å². The smallest absolute Gasteiger partial charge is 0.237 e. The Morgan fingerprint density at radius 1 is 1.04 bits per heavy atom. The van der Waals surface area contributed by atoms with Gasteiger partial charge in [-0.05, 0) is 26.0 Å². The van der Waals surface area contributed by atoms with Crippen molar-refractivity contribution < 1.29 is 9.59 Å². The van der Waals surface area contributed by atoms with Crippen molar-refractivity contribution in [2.75, 3.05) is 5.32 Å². The third-order valence-electron chi connectivity index (χ3n) is 4.08. The maximum atomic E-state index is 12.6. The number of thioether (sulfide) groups is 1. The van der Waals surface area contributed by atoms with Gasteiger partial charge in [0.05, 0.1) is 10.9 Å². The molecule has 0 bridgehead atoms. The van der Waals surface area contributed by atoms with Crippen LogP contribution < -0.4 is 5.32 Å². The van der Waals surface area contributed by atoms with Gasteiger partial charge in [0.25, 0.3) is 0 Å². The number of hydrogen-bond acceptors (Lipinski definition) is 5. The first-order valence-corrected chi connectivity index (χ1v) is 9.37. The largest absolute Gasteiger partial charge is 0.324 e. The quantitative estimate of drug-likeness (QED) is 0.520. The fourth-order valence-corrected chi connectivity index (χ4v) is 3.42. The summed E-state index contributed by atoms with van der Waals surface area (Å²) in [5.74, 6) is 0.456. The monoisotopic (exact) mass is 380 g/mol. The van der Waals surface area contributed by atoms with Crippen molar-refractivity contribution >= 4 is 29.1 Å². The number of aromatic nitrogens is 3. The third kappa shape index (κ3) is 4.25. The lowest BCUT2D eigenvalue weighted by Gasteiger charge is -2.13. The lowest BCUT2D eigenvalue weighted by Crippen LogP contribution is -2.23. The number of anilines is 1. The Morgan fingerprint density at radius 3 is 2.41 bits per heavy atom. The van der Waals surface area contributed by atoms with Gasteiger partial charge in [0, 0.05) is 18.2 Å². The molecular weight excluding hydrogens is 360 g/mol. The van der Waals surface area contributed by atoms with E-state index < -0.39 is 5.25 Å². The number of nitrogens with one attached hydrogen (secondary N) is 1. The summed E-state index contributed by atoms with van der Waals surface area (Å²) >= 11 is 1.32. The minimum atomic E-state index is -0.406. The molecule has 1 amide bonds. The SMILES string of the molecule is CC(=O)c1ccccc1NC(=O)[C@H](C)Sc1nnc(-c2ccccc2)n1C. The minimum Gasteiger partial charge on any atom is -0.324 e. The number of para-hydroxylation sites is 1. The molecule has 0 saturated heterocycles. The van der Waals surface area contributed by atoms with Crippen LogP contribution in [0.4, 0.5) is 5.69 Å².